The maximum Gasteiger partial charge on any atom is 0.411 e. The van der Waals surface area contributed by atoms with Crippen LogP contribution in [0.2, 0.25) is 0 Å². The smallest absolute Gasteiger partial charge is 0.411 e. The van der Waals surface area contributed by atoms with Gasteiger partial charge >= 0.3 is 6.09 Å². The zero-order valence-corrected chi connectivity index (χ0v) is 13.3. The van der Waals surface area contributed by atoms with E-state index in [0.29, 0.717) is 18.6 Å². The summed E-state index contributed by atoms with van der Waals surface area (Å²) in [7, 11) is 0. The van der Waals surface area contributed by atoms with Crippen molar-refractivity contribution < 1.29 is 9.53 Å². The maximum absolute atomic E-state index is 12.1. The van der Waals surface area contributed by atoms with E-state index in [1.165, 1.54) is 12.0 Å². The number of carbonyl (C=O) groups excluding carboxylic acids is 1. The Morgan fingerprint density at radius 1 is 1.33 bits per heavy atom. The summed E-state index contributed by atoms with van der Waals surface area (Å²) in [6.07, 6.45) is 4.07. The lowest BCUT2D eigenvalue weighted by molar-refractivity contribution is 0.139. The second kappa shape index (κ2) is 5.04. The minimum Gasteiger partial charge on any atom is -0.447 e. The molecule has 1 N–H and O–H groups in total. The molecule has 1 aromatic carbocycles. The number of cyclic esters (lactones) is 1. The Hall–Kier alpha value is -2.41. The second-order valence-electron chi connectivity index (χ2n) is 6.87. The SMILES string of the molecule is O=C1OCCN1[C@@H](c1ccc(C23CNCC2C3)cc1)n1ccnn1. The number of carbonyl (C=O) groups is 1. The fourth-order valence-corrected chi connectivity index (χ4v) is 4.23. The second-order valence-corrected chi connectivity index (χ2v) is 6.87. The summed E-state index contributed by atoms with van der Waals surface area (Å²) in [5.74, 6) is 0.781. The van der Waals surface area contributed by atoms with Crippen molar-refractivity contribution in [3.05, 3.63) is 47.8 Å². The van der Waals surface area contributed by atoms with Crippen LogP contribution in [0.1, 0.15) is 23.7 Å². The van der Waals surface area contributed by atoms with Crippen LogP contribution < -0.4 is 5.32 Å². The Balaban J connectivity index is 1.49. The summed E-state index contributed by atoms with van der Waals surface area (Å²) in [6, 6.07) is 8.62. The van der Waals surface area contributed by atoms with Gasteiger partial charge in [0.15, 0.2) is 6.17 Å². The number of piperidine rings is 1. The first-order valence-corrected chi connectivity index (χ1v) is 8.38. The van der Waals surface area contributed by atoms with E-state index >= 15 is 0 Å². The number of rotatable bonds is 4. The quantitative estimate of drug-likeness (QED) is 0.912. The molecule has 7 nitrogen and oxygen atoms in total. The molecule has 0 radical (unpaired) electrons. The Morgan fingerprint density at radius 3 is 2.79 bits per heavy atom. The van der Waals surface area contributed by atoms with Crippen LogP contribution in [-0.4, -0.2) is 52.2 Å². The molecule has 1 aliphatic carbocycles. The van der Waals surface area contributed by atoms with Crippen molar-refractivity contribution in [2.45, 2.75) is 18.0 Å². The molecule has 2 aromatic rings. The number of hydrogen-bond donors (Lipinski definition) is 1. The van der Waals surface area contributed by atoms with Gasteiger partial charge in [-0.25, -0.2) is 9.48 Å². The Labute approximate surface area is 139 Å². The minimum absolute atomic E-state index is 0.305. The third-order valence-electron chi connectivity index (χ3n) is 5.63. The summed E-state index contributed by atoms with van der Waals surface area (Å²) in [6.45, 7) is 3.17. The number of nitrogens with zero attached hydrogens (tertiary/aromatic N) is 4. The fraction of sp³-hybridized carbons (Fsp3) is 0.471. The zero-order chi connectivity index (χ0) is 16.1. The predicted octanol–water partition coefficient (Wildman–Crippen LogP) is 1.14. The molecule has 1 amide bonds. The van der Waals surface area contributed by atoms with Crippen LogP contribution in [0.4, 0.5) is 4.79 Å². The first-order valence-electron chi connectivity index (χ1n) is 8.38. The van der Waals surface area contributed by atoms with Gasteiger partial charge in [-0.15, -0.1) is 5.10 Å². The van der Waals surface area contributed by atoms with Gasteiger partial charge in [0.25, 0.3) is 0 Å². The van der Waals surface area contributed by atoms with E-state index in [2.05, 4.69) is 39.9 Å². The highest BCUT2D eigenvalue weighted by Crippen LogP contribution is 2.56. The van der Waals surface area contributed by atoms with Gasteiger partial charge < -0.3 is 10.1 Å². The lowest BCUT2D eigenvalue weighted by atomic mass is 9.94. The van der Waals surface area contributed by atoms with Gasteiger partial charge in [0, 0.05) is 18.2 Å². The fourth-order valence-electron chi connectivity index (χ4n) is 4.23. The normalized spacial score (nSPS) is 29.4. The van der Waals surface area contributed by atoms with Crippen molar-refractivity contribution in [2.75, 3.05) is 26.2 Å². The lowest BCUT2D eigenvalue weighted by Crippen LogP contribution is -2.34. The highest BCUT2D eigenvalue weighted by molar-refractivity contribution is 5.70. The van der Waals surface area contributed by atoms with Crippen LogP contribution in [0.3, 0.4) is 0 Å². The number of ether oxygens (including phenoxy) is 1. The molecule has 2 saturated heterocycles. The molecule has 3 aliphatic rings. The molecule has 124 valence electrons. The molecule has 3 heterocycles. The molecular formula is C17H19N5O2. The molecule has 1 saturated carbocycles. The van der Waals surface area contributed by atoms with E-state index < -0.39 is 0 Å². The summed E-state index contributed by atoms with van der Waals surface area (Å²) in [4.78, 5) is 13.7. The average molecular weight is 325 g/mol. The number of benzene rings is 1. The summed E-state index contributed by atoms with van der Waals surface area (Å²) in [5, 5.41) is 11.5. The van der Waals surface area contributed by atoms with E-state index in [0.717, 1.165) is 24.6 Å². The van der Waals surface area contributed by atoms with Crippen LogP contribution in [-0.2, 0) is 10.2 Å². The molecule has 0 spiro atoms. The van der Waals surface area contributed by atoms with E-state index in [4.69, 9.17) is 4.74 Å². The lowest BCUT2D eigenvalue weighted by Gasteiger charge is -2.26. The van der Waals surface area contributed by atoms with Gasteiger partial charge in [0.2, 0.25) is 0 Å². The van der Waals surface area contributed by atoms with Crippen LogP contribution in [0.25, 0.3) is 0 Å². The molecule has 0 bridgehead atoms. The molecule has 5 rings (SSSR count). The van der Waals surface area contributed by atoms with Crippen LogP contribution in [0.15, 0.2) is 36.7 Å². The van der Waals surface area contributed by atoms with Crippen molar-refractivity contribution in [2.24, 2.45) is 5.92 Å². The van der Waals surface area contributed by atoms with Crippen molar-refractivity contribution >= 4 is 6.09 Å². The van der Waals surface area contributed by atoms with E-state index in [1.807, 2.05) is 0 Å². The molecule has 24 heavy (non-hydrogen) atoms. The largest absolute Gasteiger partial charge is 0.447 e. The van der Waals surface area contributed by atoms with Crippen molar-refractivity contribution in [3.63, 3.8) is 0 Å². The number of nitrogens with one attached hydrogen (secondary N) is 1. The van der Waals surface area contributed by atoms with Gasteiger partial charge in [-0.3, -0.25) is 4.90 Å². The molecular weight excluding hydrogens is 306 g/mol. The molecule has 3 atom stereocenters. The van der Waals surface area contributed by atoms with Gasteiger partial charge in [0.1, 0.15) is 6.61 Å². The number of fused-ring (bicyclic) bond motifs is 1. The van der Waals surface area contributed by atoms with Gasteiger partial charge in [0.05, 0.1) is 12.7 Å². The molecule has 3 fully saturated rings. The van der Waals surface area contributed by atoms with E-state index in [9.17, 15) is 4.79 Å². The number of hydrogen-bond acceptors (Lipinski definition) is 5. The van der Waals surface area contributed by atoms with E-state index in [-0.39, 0.29) is 12.3 Å². The molecule has 2 unspecified atom stereocenters. The van der Waals surface area contributed by atoms with Crippen molar-refractivity contribution in [1.82, 2.24) is 25.2 Å². The topological polar surface area (TPSA) is 72.3 Å². The highest BCUT2D eigenvalue weighted by Gasteiger charge is 2.57. The Bertz CT molecular complexity index is 760. The first-order chi connectivity index (χ1) is 11.8. The van der Waals surface area contributed by atoms with Crippen LogP contribution >= 0.6 is 0 Å². The van der Waals surface area contributed by atoms with Crippen molar-refractivity contribution in [1.29, 1.82) is 0 Å². The molecule has 7 heteroatoms. The van der Waals surface area contributed by atoms with Gasteiger partial charge in [-0.1, -0.05) is 29.5 Å². The summed E-state index contributed by atoms with van der Waals surface area (Å²) < 4.78 is 6.82. The maximum atomic E-state index is 12.1. The van der Waals surface area contributed by atoms with Crippen LogP contribution in [0.5, 0.6) is 0 Å². The highest BCUT2D eigenvalue weighted by atomic mass is 16.6. The summed E-state index contributed by atoms with van der Waals surface area (Å²) in [5.41, 5.74) is 2.75. The predicted molar refractivity (Wildman–Crippen MR) is 85.3 cm³/mol. The molecule has 2 aliphatic heterocycles. The third-order valence-corrected chi connectivity index (χ3v) is 5.63. The summed E-state index contributed by atoms with van der Waals surface area (Å²) >= 11 is 0. The Kier molecular flexibility index (Phi) is 2.94. The molecule has 1 aromatic heterocycles. The zero-order valence-electron chi connectivity index (χ0n) is 13.3. The Morgan fingerprint density at radius 2 is 2.21 bits per heavy atom. The standard InChI is InChI=1S/C17H19N5O2/c23-16-21(7-8-24-16)15(22-6-5-19-20-22)12-1-3-13(4-2-12)17-9-14(17)10-18-11-17/h1-6,14-15,18H,7-11H2/t14?,15-,17?/m1/s1. The van der Waals surface area contributed by atoms with Crippen LogP contribution in [0, 0.1) is 5.92 Å². The van der Waals surface area contributed by atoms with Crippen molar-refractivity contribution in [3.8, 4) is 0 Å². The number of amides is 1. The van der Waals surface area contributed by atoms with Gasteiger partial charge in [-0.05, 0) is 30.0 Å². The van der Waals surface area contributed by atoms with Gasteiger partial charge in [-0.2, -0.15) is 0 Å². The third kappa shape index (κ3) is 1.97. The monoisotopic (exact) mass is 325 g/mol. The minimum atomic E-state index is -0.314. The first kappa shape index (κ1) is 14.0. The van der Waals surface area contributed by atoms with E-state index in [1.54, 1.807) is 22.0 Å². The number of aromatic nitrogens is 3. The average Bonchev–Trinajstić information content (AvgIpc) is 3.07.